The lowest BCUT2D eigenvalue weighted by Crippen LogP contribution is -2.25. The van der Waals surface area contributed by atoms with Gasteiger partial charge in [0, 0.05) is 6.04 Å². The first-order valence-electron chi connectivity index (χ1n) is 5.54. The van der Waals surface area contributed by atoms with Crippen LogP contribution < -0.4 is 5.69 Å². The summed E-state index contributed by atoms with van der Waals surface area (Å²) in [5.41, 5.74) is -0.103. The van der Waals surface area contributed by atoms with E-state index in [4.69, 9.17) is 12.2 Å². The van der Waals surface area contributed by atoms with Crippen molar-refractivity contribution in [1.82, 2.24) is 14.8 Å². The van der Waals surface area contributed by atoms with Crippen molar-refractivity contribution < 1.29 is 0 Å². The van der Waals surface area contributed by atoms with Gasteiger partial charge in [0.2, 0.25) is 0 Å². The van der Waals surface area contributed by atoms with Crippen LogP contribution in [-0.2, 0) is 0 Å². The van der Waals surface area contributed by atoms with Gasteiger partial charge < -0.3 is 0 Å². The first kappa shape index (κ1) is 10.7. The molecule has 2 rings (SSSR count). The Hall–Kier alpha value is -0.840. The van der Waals surface area contributed by atoms with Crippen molar-refractivity contribution in [2.45, 2.75) is 39.2 Å². The molecule has 0 radical (unpaired) electrons. The number of hydrogen-bond acceptors (Lipinski definition) is 2. The van der Waals surface area contributed by atoms with Gasteiger partial charge in [-0.05, 0) is 36.9 Å². The van der Waals surface area contributed by atoms with E-state index < -0.39 is 0 Å². The summed E-state index contributed by atoms with van der Waals surface area (Å²) >= 11 is 5.11. The predicted molar refractivity (Wildman–Crippen MR) is 61.5 cm³/mol. The van der Waals surface area contributed by atoms with Gasteiger partial charge in [0.1, 0.15) is 0 Å². The number of hydrogen-bond donors (Lipinski definition) is 2. The molecule has 4 nitrogen and oxygen atoms in total. The number of nitrogens with zero attached hydrogens (tertiary/aromatic N) is 1. The molecule has 0 amide bonds. The Balaban J connectivity index is 2.34. The summed E-state index contributed by atoms with van der Waals surface area (Å²) in [6, 6.07) is 0.275. The van der Waals surface area contributed by atoms with Gasteiger partial charge in [-0.25, -0.2) is 9.89 Å². The standard InChI is InChI=1S/C10H17N3OS/c1-3-7-4-5-8(6(7)2)13-9(14)11-12-10(13)15/h6-8H,3-5H2,1-2H3,(H,11,14)(H,12,15). The Labute approximate surface area is 93.7 Å². The molecule has 1 aliphatic rings. The molecule has 0 aromatic carbocycles. The Morgan fingerprint density at radius 3 is 2.67 bits per heavy atom. The summed E-state index contributed by atoms with van der Waals surface area (Å²) in [4.78, 5) is 11.6. The number of H-pyrrole nitrogens is 2. The molecule has 2 N–H and O–H groups in total. The highest BCUT2D eigenvalue weighted by Gasteiger charge is 2.33. The second-order valence-corrected chi connectivity index (χ2v) is 4.79. The third-order valence-corrected chi connectivity index (χ3v) is 4.05. The van der Waals surface area contributed by atoms with E-state index in [2.05, 4.69) is 24.0 Å². The quantitative estimate of drug-likeness (QED) is 0.761. The smallest absolute Gasteiger partial charge is 0.272 e. The van der Waals surface area contributed by atoms with Crippen LogP contribution in [0.3, 0.4) is 0 Å². The molecular formula is C10H17N3OS. The van der Waals surface area contributed by atoms with Crippen molar-refractivity contribution in [2.24, 2.45) is 11.8 Å². The van der Waals surface area contributed by atoms with E-state index >= 15 is 0 Å². The van der Waals surface area contributed by atoms with Gasteiger partial charge in [-0.1, -0.05) is 20.3 Å². The van der Waals surface area contributed by atoms with E-state index in [1.54, 1.807) is 4.57 Å². The molecule has 1 heterocycles. The fourth-order valence-corrected chi connectivity index (χ4v) is 3.06. The SMILES string of the molecule is CCC1CCC(n2c(=O)[nH][nH]c2=S)C1C. The van der Waals surface area contributed by atoms with E-state index in [9.17, 15) is 4.79 Å². The minimum absolute atomic E-state index is 0.103. The zero-order valence-corrected chi connectivity index (χ0v) is 9.93. The Kier molecular flexibility index (Phi) is 2.82. The van der Waals surface area contributed by atoms with Crippen LogP contribution in [0.25, 0.3) is 0 Å². The fourth-order valence-electron chi connectivity index (χ4n) is 2.79. The number of rotatable bonds is 2. The summed E-state index contributed by atoms with van der Waals surface area (Å²) in [6.07, 6.45) is 3.46. The Bertz CT molecular complexity index is 417. The maximum atomic E-state index is 11.6. The van der Waals surface area contributed by atoms with Crippen molar-refractivity contribution in [2.75, 3.05) is 0 Å². The average molecular weight is 227 g/mol. The molecular weight excluding hydrogens is 210 g/mol. The van der Waals surface area contributed by atoms with E-state index in [0.29, 0.717) is 10.7 Å². The summed E-state index contributed by atoms with van der Waals surface area (Å²) < 4.78 is 2.23. The summed E-state index contributed by atoms with van der Waals surface area (Å²) in [5.74, 6) is 1.27. The third-order valence-electron chi connectivity index (χ3n) is 3.75. The second-order valence-electron chi connectivity index (χ2n) is 4.40. The van der Waals surface area contributed by atoms with Gasteiger partial charge in [0.05, 0.1) is 0 Å². The van der Waals surface area contributed by atoms with Crippen molar-refractivity contribution >= 4 is 12.2 Å². The maximum absolute atomic E-state index is 11.6. The lowest BCUT2D eigenvalue weighted by molar-refractivity contribution is 0.323. The number of nitrogens with one attached hydrogen (secondary N) is 2. The zero-order valence-electron chi connectivity index (χ0n) is 9.12. The lowest BCUT2D eigenvalue weighted by atomic mass is 9.93. The molecule has 0 bridgehead atoms. The fraction of sp³-hybridized carbons (Fsp3) is 0.800. The second kappa shape index (κ2) is 3.96. The molecule has 1 aromatic rings. The topological polar surface area (TPSA) is 53.6 Å². The summed E-state index contributed by atoms with van der Waals surface area (Å²) in [7, 11) is 0. The van der Waals surface area contributed by atoms with Crippen LogP contribution in [0.4, 0.5) is 0 Å². The van der Waals surface area contributed by atoms with Crippen LogP contribution in [0.2, 0.25) is 0 Å². The summed E-state index contributed by atoms with van der Waals surface area (Å²) in [6.45, 7) is 4.43. The predicted octanol–water partition coefficient (Wildman–Crippen LogP) is 2.23. The largest absolute Gasteiger partial charge is 0.342 e. The first-order valence-corrected chi connectivity index (χ1v) is 5.95. The molecule has 0 saturated heterocycles. The molecule has 5 heteroatoms. The van der Waals surface area contributed by atoms with Crippen LogP contribution in [0.5, 0.6) is 0 Å². The highest BCUT2D eigenvalue weighted by atomic mass is 32.1. The van der Waals surface area contributed by atoms with Crippen LogP contribution in [0.1, 0.15) is 39.2 Å². The van der Waals surface area contributed by atoms with Gasteiger partial charge in [-0.2, -0.15) is 0 Å². The molecule has 1 aromatic heterocycles. The number of aromatic nitrogens is 3. The Morgan fingerprint density at radius 1 is 1.47 bits per heavy atom. The van der Waals surface area contributed by atoms with Crippen molar-refractivity contribution in [3.63, 3.8) is 0 Å². The van der Waals surface area contributed by atoms with Crippen LogP contribution in [-0.4, -0.2) is 14.8 Å². The third kappa shape index (κ3) is 1.69. The van der Waals surface area contributed by atoms with Crippen molar-refractivity contribution in [1.29, 1.82) is 0 Å². The normalized spacial score (nSPS) is 30.9. The van der Waals surface area contributed by atoms with Crippen LogP contribution in [0.15, 0.2) is 4.79 Å². The first-order chi connectivity index (χ1) is 7.15. The van der Waals surface area contributed by atoms with Gasteiger partial charge in [0.25, 0.3) is 0 Å². The molecule has 1 aliphatic carbocycles. The highest BCUT2D eigenvalue weighted by molar-refractivity contribution is 7.71. The summed E-state index contributed by atoms with van der Waals surface area (Å²) in [5, 5.41) is 5.25. The van der Waals surface area contributed by atoms with Crippen LogP contribution in [0, 0.1) is 16.6 Å². The lowest BCUT2D eigenvalue weighted by Gasteiger charge is -2.19. The zero-order chi connectivity index (χ0) is 11.0. The van der Waals surface area contributed by atoms with Gasteiger partial charge >= 0.3 is 5.69 Å². The van der Waals surface area contributed by atoms with E-state index in [1.165, 1.54) is 12.8 Å². The molecule has 1 fully saturated rings. The molecule has 1 saturated carbocycles. The minimum Gasteiger partial charge on any atom is -0.272 e. The van der Waals surface area contributed by atoms with Gasteiger partial charge in [-0.15, -0.1) is 0 Å². The number of aromatic amines is 2. The Morgan fingerprint density at radius 2 is 2.20 bits per heavy atom. The van der Waals surface area contributed by atoms with E-state index in [0.717, 1.165) is 12.3 Å². The molecule has 0 aliphatic heterocycles. The molecule has 3 unspecified atom stereocenters. The average Bonchev–Trinajstić information content (AvgIpc) is 2.71. The molecule has 84 valence electrons. The highest BCUT2D eigenvalue weighted by Crippen LogP contribution is 2.40. The minimum atomic E-state index is -0.103. The van der Waals surface area contributed by atoms with Gasteiger partial charge in [0.15, 0.2) is 4.77 Å². The molecule has 3 atom stereocenters. The monoisotopic (exact) mass is 227 g/mol. The van der Waals surface area contributed by atoms with E-state index in [1.807, 2.05) is 0 Å². The van der Waals surface area contributed by atoms with E-state index in [-0.39, 0.29) is 11.7 Å². The van der Waals surface area contributed by atoms with Gasteiger partial charge in [-0.3, -0.25) is 9.67 Å². The van der Waals surface area contributed by atoms with Crippen molar-refractivity contribution in [3.05, 3.63) is 15.3 Å². The molecule has 15 heavy (non-hydrogen) atoms. The van der Waals surface area contributed by atoms with Crippen molar-refractivity contribution in [3.8, 4) is 0 Å². The van der Waals surface area contributed by atoms with Crippen LogP contribution >= 0.6 is 12.2 Å². The molecule has 0 spiro atoms. The maximum Gasteiger partial charge on any atom is 0.342 e.